The van der Waals surface area contributed by atoms with E-state index < -0.39 is 5.79 Å². The minimum atomic E-state index is -1.10. The lowest BCUT2D eigenvalue weighted by Crippen LogP contribution is -2.55. The van der Waals surface area contributed by atoms with Gasteiger partial charge in [0.05, 0.1) is 0 Å². The van der Waals surface area contributed by atoms with Crippen LogP contribution in [0.1, 0.15) is 44.7 Å². The van der Waals surface area contributed by atoms with E-state index in [1.165, 1.54) is 0 Å². The van der Waals surface area contributed by atoms with Crippen LogP contribution in [0.3, 0.4) is 0 Å². The molecule has 0 amide bonds. The molecule has 2 bridgehead atoms. The van der Waals surface area contributed by atoms with E-state index in [4.69, 9.17) is 4.74 Å². The second kappa shape index (κ2) is 3.02. The number of rotatable bonds is 0. The molecule has 0 radical (unpaired) electrons. The molecular weight excluding hydrogens is 228 g/mol. The third kappa shape index (κ3) is 1.09. The molecule has 1 heterocycles. The summed E-state index contributed by atoms with van der Waals surface area (Å²) >= 11 is 0. The fourth-order valence-electron chi connectivity index (χ4n) is 3.49. The molecule has 1 fully saturated rings. The van der Waals surface area contributed by atoms with Crippen LogP contribution in [0.15, 0.2) is 12.1 Å². The fourth-order valence-corrected chi connectivity index (χ4v) is 3.49. The number of aromatic hydroxyl groups is 1. The molecule has 0 spiro atoms. The lowest BCUT2D eigenvalue weighted by atomic mass is 9.62. The van der Waals surface area contributed by atoms with E-state index in [1.807, 2.05) is 26.8 Å². The molecule has 3 nitrogen and oxygen atoms in total. The monoisotopic (exact) mass is 248 g/mol. The van der Waals surface area contributed by atoms with Gasteiger partial charge in [-0.05, 0) is 31.0 Å². The van der Waals surface area contributed by atoms with Crippen LogP contribution < -0.4 is 4.74 Å². The van der Waals surface area contributed by atoms with Crippen LogP contribution in [0.25, 0.3) is 0 Å². The zero-order valence-electron chi connectivity index (χ0n) is 11.4. The minimum absolute atomic E-state index is 0.166. The van der Waals surface area contributed by atoms with Crippen LogP contribution >= 0.6 is 0 Å². The van der Waals surface area contributed by atoms with E-state index in [0.29, 0.717) is 17.9 Å². The van der Waals surface area contributed by atoms with Gasteiger partial charge in [-0.3, -0.25) is 0 Å². The van der Waals surface area contributed by atoms with Crippen LogP contribution in [-0.4, -0.2) is 16.0 Å². The minimum Gasteiger partial charge on any atom is -0.508 e. The number of phenols is 1. The van der Waals surface area contributed by atoms with Gasteiger partial charge in [0.2, 0.25) is 5.79 Å². The largest absolute Gasteiger partial charge is 0.508 e. The summed E-state index contributed by atoms with van der Waals surface area (Å²) < 4.78 is 5.87. The molecular formula is C15H20O3. The first kappa shape index (κ1) is 11.8. The van der Waals surface area contributed by atoms with Crippen molar-refractivity contribution in [1.82, 2.24) is 0 Å². The summed E-state index contributed by atoms with van der Waals surface area (Å²) in [6.45, 7) is 8.08. The van der Waals surface area contributed by atoms with Crippen LogP contribution in [-0.2, 0) is 5.41 Å². The summed E-state index contributed by atoms with van der Waals surface area (Å²) in [5, 5.41) is 20.7. The van der Waals surface area contributed by atoms with Crippen molar-refractivity contribution in [3.8, 4) is 11.5 Å². The Morgan fingerprint density at radius 2 is 1.83 bits per heavy atom. The molecule has 1 aliphatic heterocycles. The van der Waals surface area contributed by atoms with Gasteiger partial charge in [-0.2, -0.15) is 0 Å². The third-order valence-electron chi connectivity index (χ3n) is 5.49. The number of aryl methyl sites for hydroxylation is 1. The van der Waals surface area contributed by atoms with Crippen molar-refractivity contribution < 1.29 is 14.9 Å². The molecule has 18 heavy (non-hydrogen) atoms. The molecule has 1 saturated carbocycles. The Hall–Kier alpha value is -1.22. The highest BCUT2D eigenvalue weighted by molar-refractivity contribution is 5.52. The number of hydrogen-bond donors (Lipinski definition) is 2. The molecule has 2 atom stereocenters. The molecule has 1 aromatic carbocycles. The summed E-state index contributed by atoms with van der Waals surface area (Å²) in [4.78, 5) is 0. The highest BCUT2D eigenvalue weighted by Crippen LogP contribution is 2.64. The summed E-state index contributed by atoms with van der Waals surface area (Å²) in [6.07, 6.45) is 1.50. The first-order valence-electron chi connectivity index (χ1n) is 6.47. The van der Waals surface area contributed by atoms with E-state index in [0.717, 1.165) is 17.5 Å². The Morgan fingerprint density at radius 1 is 1.17 bits per heavy atom. The SMILES string of the molecule is Cc1cc2c(cc1O)[C@]1(C)CC[C@@](O)(O2)C1(C)C. The van der Waals surface area contributed by atoms with Crippen molar-refractivity contribution >= 4 is 0 Å². The van der Waals surface area contributed by atoms with Gasteiger partial charge in [0, 0.05) is 22.8 Å². The lowest BCUT2D eigenvalue weighted by molar-refractivity contribution is -0.215. The molecule has 3 rings (SSSR count). The summed E-state index contributed by atoms with van der Waals surface area (Å²) in [5.74, 6) is -0.0862. The van der Waals surface area contributed by atoms with Crippen molar-refractivity contribution in [2.45, 2.75) is 51.7 Å². The fraction of sp³-hybridized carbons (Fsp3) is 0.600. The Labute approximate surface area is 107 Å². The number of hydrogen-bond acceptors (Lipinski definition) is 3. The zero-order valence-corrected chi connectivity index (χ0v) is 11.4. The average Bonchev–Trinajstić information content (AvgIpc) is 2.40. The van der Waals surface area contributed by atoms with Crippen molar-refractivity contribution in [2.24, 2.45) is 5.41 Å². The van der Waals surface area contributed by atoms with Crippen LogP contribution in [0.4, 0.5) is 0 Å². The molecule has 1 aliphatic carbocycles. The Morgan fingerprint density at radius 3 is 2.50 bits per heavy atom. The van der Waals surface area contributed by atoms with Gasteiger partial charge in [0.1, 0.15) is 11.5 Å². The maximum Gasteiger partial charge on any atom is 0.214 e. The molecule has 0 unspecified atom stereocenters. The Kier molecular flexibility index (Phi) is 1.99. The zero-order chi connectivity index (χ0) is 13.3. The lowest BCUT2D eigenvalue weighted by Gasteiger charge is -2.50. The van der Waals surface area contributed by atoms with Crippen molar-refractivity contribution in [3.05, 3.63) is 23.3 Å². The first-order chi connectivity index (χ1) is 8.21. The van der Waals surface area contributed by atoms with Gasteiger partial charge in [0.15, 0.2) is 0 Å². The number of aliphatic hydroxyl groups is 1. The van der Waals surface area contributed by atoms with E-state index in [2.05, 4.69) is 6.92 Å². The van der Waals surface area contributed by atoms with Crippen LogP contribution in [0.5, 0.6) is 11.5 Å². The van der Waals surface area contributed by atoms with E-state index in [-0.39, 0.29) is 10.8 Å². The van der Waals surface area contributed by atoms with Gasteiger partial charge in [-0.15, -0.1) is 0 Å². The summed E-state index contributed by atoms with van der Waals surface area (Å²) in [5.41, 5.74) is 1.26. The topological polar surface area (TPSA) is 49.7 Å². The molecule has 98 valence electrons. The highest BCUT2D eigenvalue weighted by Gasteiger charge is 2.66. The Balaban J connectivity index is 2.30. The van der Waals surface area contributed by atoms with Gasteiger partial charge < -0.3 is 14.9 Å². The van der Waals surface area contributed by atoms with Gasteiger partial charge in [-0.1, -0.05) is 20.8 Å². The van der Waals surface area contributed by atoms with Gasteiger partial charge in [-0.25, -0.2) is 0 Å². The van der Waals surface area contributed by atoms with Crippen molar-refractivity contribution in [2.75, 3.05) is 0 Å². The normalized spacial score (nSPS) is 36.1. The summed E-state index contributed by atoms with van der Waals surface area (Å²) in [6, 6.07) is 3.63. The van der Waals surface area contributed by atoms with E-state index >= 15 is 0 Å². The predicted octanol–water partition coefficient (Wildman–Crippen LogP) is 2.86. The van der Waals surface area contributed by atoms with Gasteiger partial charge >= 0.3 is 0 Å². The second-order valence-electron chi connectivity index (χ2n) is 6.48. The number of fused-ring (bicyclic) bond motifs is 4. The molecule has 2 aliphatic rings. The molecule has 0 saturated heterocycles. The standard InChI is InChI=1S/C15H20O3/c1-9-7-12-10(8-11(9)16)14(4)5-6-15(17,18-12)13(14,2)3/h7-8,16-17H,5-6H2,1-4H3/t14-,15+/m0/s1. The average molecular weight is 248 g/mol. The number of ether oxygens (including phenoxy) is 1. The van der Waals surface area contributed by atoms with Crippen LogP contribution in [0, 0.1) is 12.3 Å². The molecule has 2 N–H and O–H groups in total. The number of phenolic OH excluding ortho intramolecular Hbond substituents is 1. The van der Waals surface area contributed by atoms with Crippen molar-refractivity contribution in [1.29, 1.82) is 0 Å². The van der Waals surface area contributed by atoms with Gasteiger partial charge in [0.25, 0.3) is 0 Å². The maximum atomic E-state index is 10.7. The number of benzene rings is 1. The Bertz CT molecular complexity index is 535. The molecule has 1 aromatic rings. The third-order valence-corrected chi connectivity index (χ3v) is 5.49. The van der Waals surface area contributed by atoms with E-state index in [1.54, 1.807) is 6.07 Å². The predicted molar refractivity (Wildman–Crippen MR) is 68.8 cm³/mol. The second-order valence-corrected chi connectivity index (χ2v) is 6.48. The maximum absolute atomic E-state index is 10.7. The van der Waals surface area contributed by atoms with E-state index in [9.17, 15) is 10.2 Å². The van der Waals surface area contributed by atoms with Crippen molar-refractivity contribution in [3.63, 3.8) is 0 Å². The quantitative estimate of drug-likeness (QED) is 0.742. The summed E-state index contributed by atoms with van der Waals surface area (Å²) in [7, 11) is 0. The smallest absolute Gasteiger partial charge is 0.214 e. The molecule has 3 heteroatoms. The first-order valence-corrected chi connectivity index (χ1v) is 6.47. The molecule has 0 aromatic heterocycles. The van der Waals surface area contributed by atoms with Crippen LogP contribution in [0.2, 0.25) is 0 Å². The highest BCUT2D eigenvalue weighted by atomic mass is 16.6.